The van der Waals surface area contributed by atoms with Crippen LogP contribution in [0.2, 0.25) is 0 Å². The summed E-state index contributed by atoms with van der Waals surface area (Å²) in [5.74, 6) is 0.208. The average Bonchev–Trinajstić information content (AvgIpc) is 2.69. The number of hydrogen-bond donors (Lipinski definition) is 0. The predicted octanol–water partition coefficient (Wildman–Crippen LogP) is 8.77. The summed E-state index contributed by atoms with van der Waals surface area (Å²) >= 11 is 0. The molecule has 0 amide bonds. The Morgan fingerprint density at radius 2 is 1.12 bits per heavy atom. The highest BCUT2D eigenvalue weighted by Gasteiger charge is 2.45. The second-order valence-corrected chi connectivity index (χ2v) is 9.74. The lowest BCUT2D eigenvalue weighted by molar-refractivity contribution is -0.929. The molecule has 1 unspecified atom stereocenters. The summed E-state index contributed by atoms with van der Waals surface area (Å²) in [5, 5.41) is 0. The zero-order valence-electron chi connectivity index (χ0n) is 21.5. The van der Waals surface area contributed by atoms with E-state index in [4.69, 9.17) is 0 Å². The van der Waals surface area contributed by atoms with Crippen LogP contribution in [0.5, 0.6) is 0 Å². The van der Waals surface area contributed by atoms with E-state index in [0.29, 0.717) is 0 Å². The number of unbranched alkanes of at least 4 members (excludes halogenated alkanes) is 12. The third-order valence-corrected chi connectivity index (χ3v) is 6.60. The number of nitrogens with zero attached hydrogens (tertiary/aromatic N) is 1. The quantitative estimate of drug-likeness (QED) is 0.0610. The van der Waals surface area contributed by atoms with Gasteiger partial charge in [-0.25, -0.2) is 0 Å². The van der Waals surface area contributed by atoms with Crippen LogP contribution in [0.4, 0.5) is 17.3 Å². The molecule has 7 heteroatoms. The van der Waals surface area contributed by atoms with Crippen molar-refractivity contribution in [2.75, 3.05) is 20.6 Å². The van der Waals surface area contributed by atoms with Gasteiger partial charge in [0.15, 0.2) is 5.54 Å². The number of rotatable bonds is 19. The van der Waals surface area contributed by atoms with Gasteiger partial charge >= 0.3 is 7.25 Å². The van der Waals surface area contributed by atoms with E-state index in [1.807, 2.05) is 0 Å². The van der Waals surface area contributed by atoms with Gasteiger partial charge in [0.1, 0.15) is 0 Å². The summed E-state index contributed by atoms with van der Waals surface area (Å²) in [6.07, 6.45) is 21.4. The second kappa shape index (κ2) is 18.6. The van der Waals surface area contributed by atoms with Crippen LogP contribution in [0.15, 0.2) is 12.7 Å². The number of carbonyl (C=O) groups excluding carboxylic acids is 1. The van der Waals surface area contributed by atoms with Crippen LogP contribution in [0.25, 0.3) is 0 Å². The largest absolute Gasteiger partial charge is 0.673 e. The van der Waals surface area contributed by atoms with Gasteiger partial charge in [0.25, 0.3) is 0 Å². The van der Waals surface area contributed by atoms with Crippen molar-refractivity contribution >= 4 is 13.0 Å². The molecule has 0 aromatic heterocycles. The van der Waals surface area contributed by atoms with Gasteiger partial charge in [0.05, 0.1) is 20.6 Å². The van der Waals surface area contributed by atoms with Gasteiger partial charge in [0.2, 0.25) is 5.78 Å². The van der Waals surface area contributed by atoms with E-state index < -0.39 is 7.25 Å². The average molecular weight is 467 g/mol. The first kappa shape index (κ1) is 33.3. The van der Waals surface area contributed by atoms with Gasteiger partial charge in [-0.15, -0.1) is 0 Å². The summed E-state index contributed by atoms with van der Waals surface area (Å²) in [5.41, 5.74) is -0.324. The molecule has 0 aromatic carbocycles. The molecule has 0 bridgehead atoms. The predicted molar refractivity (Wildman–Crippen MR) is 131 cm³/mol. The van der Waals surface area contributed by atoms with Crippen LogP contribution >= 0.6 is 0 Å². The highest BCUT2D eigenvalue weighted by Crippen LogP contribution is 2.29. The number of halogens is 4. The molecule has 0 fully saturated rings. The standard InChI is InChI=1S/C25H50NO.BF4/c1-7-10-11-12-13-14-15-16-17-18-19-20-21-22-25(4,24(27)9-3)26(5,6)23-8-2;2-1(3,4)5/h9H,3,7-8,10-23H2,1-2,4-6H3;/q+1;-1. The minimum atomic E-state index is -6.00. The van der Waals surface area contributed by atoms with Crippen LogP contribution < -0.4 is 0 Å². The Balaban J connectivity index is 0. The van der Waals surface area contributed by atoms with Crippen LogP contribution in [0, 0.1) is 0 Å². The van der Waals surface area contributed by atoms with Crippen molar-refractivity contribution in [2.45, 2.75) is 123 Å². The topological polar surface area (TPSA) is 17.1 Å². The van der Waals surface area contributed by atoms with Crippen molar-refractivity contribution in [1.29, 1.82) is 0 Å². The molecule has 192 valence electrons. The molecule has 0 spiro atoms. The van der Waals surface area contributed by atoms with Crippen molar-refractivity contribution in [2.24, 2.45) is 0 Å². The SMILES string of the molecule is C=CC(=O)C(C)(CCCCCCCCCCCCCCC)[N+](C)(C)CCC.F[B-](F)(F)F. The normalized spacial score (nSPS) is 13.8. The van der Waals surface area contributed by atoms with E-state index >= 15 is 0 Å². The molecular weight excluding hydrogens is 417 g/mol. The molecule has 0 N–H and O–H groups in total. The van der Waals surface area contributed by atoms with Crippen molar-refractivity contribution in [1.82, 2.24) is 0 Å². The van der Waals surface area contributed by atoms with Crippen LogP contribution in [-0.2, 0) is 4.79 Å². The molecule has 0 heterocycles. The van der Waals surface area contributed by atoms with Crippen molar-refractivity contribution in [3.8, 4) is 0 Å². The first-order chi connectivity index (χ1) is 14.9. The third-order valence-electron chi connectivity index (χ3n) is 6.60. The van der Waals surface area contributed by atoms with E-state index in [2.05, 4.69) is 41.4 Å². The lowest BCUT2D eigenvalue weighted by atomic mass is 9.85. The van der Waals surface area contributed by atoms with Crippen LogP contribution in [-0.4, -0.2) is 43.7 Å². The molecule has 0 saturated carbocycles. The maximum absolute atomic E-state index is 12.6. The maximum Gasteiger partial charge on any atom is 0.673 e. The van der Waals surface area contributed by atoms with Crippen LogP contribution in [0.1, 0.15) is 117 Å². The Bertz CT molecular complexity index is 477. The van der Waals surface area contributed by atoms with Crippen molar-refractivity contribution in [3.05, 3.63) is 12.7 Å². The number of hydrogen-bond acceptors (Lipinski definition) is 1. The number of ketones is 1. The molecule has 1 atom stereocenters. The molecular formula is C25H50BF4NO. The monoisotopic (exact) mass is 467 g/mol. The van der Waals surface area contributed by atoms with E-state index in [0.717, 1.165) is 30.3 Å². The molecule has 0 aliphatic heterocycles. The number of carbonyl (C=O) groups is 1. The van der Waals surface area contributed by atoms with Gasteiger partial charge in [-0.1, -0.05) is 97.5 Å². The highest BCUT2D eigenvalue weighted by molar-refractivity contribution is 6.50. The molecule has 0 aliphatic carbocycles. The Morgan fingerprint density at radius 3 is 1.44 bits per heavy atom. The first-order valence-corrected chi connectivity index (χ1v) is 12.7. The smallest absolute Gasteiger partial charge is 0.418 e. The zero-order chi connectivity index (χ0) is 25.1. The fourth-order valence-corrected chi connectivity index (χ4v) is 4.24. The Hall–Kier alpha value is -0.845. The first-order valence-electron chi connectivity index (χ1n) is 12.7. The van der Waals surface area contributed by atoms with E-state index in [1.165, 1.54) is 83.1 Å². The summed E-state index contributed by atoms with van der Waals surface area (Å²) in [6.45, 7) is 11.4. The molecule has 0 aromatic rings. The Morgan fingerprint density at radius 1 is 0.781 bits per heavy atom. The third kappa shape index (κ3) is 17.7. The van der Waals surface area contributed by atoms with Crippen molar-refractivity contribution in [3.63, 3.8) is 0 Å². The molecule has 32 heavy (non-hydrogen) atoms. The Labute approximate surface area is 195 Å². The Kier molecular flexibility index (Phi) is 19.3. The number of likely N-dealkylation sites (N-methyl/N-ethyl adjacent to an activating group) is 1. The molecule has 0 radical (unpaired) electrons. The summed E-state index contributed by atoms with van der Waals surface area (Å²) in [6, 6.07) is 0. The zero-order valence-corrected chi connectivity index (χ0v) is 21.5. The van der Waals surface area contributed by atoms with Gasteiger partial charge in [-0.2, -0.15) is 0 Å². The summed E-state index contributed by atoms with van der Waals surface area (Å²) < 4.78 is 39.8. The summed E-state index contributed by atoms with van der Waals surface area (Å²) in [4.78, 5) is 12.6. The molecule has 0 aliphatic rings. The molecule has 0 saturated heterocycles. The molecule has 0 rings (SSSR count). The van der Waals surface area contributed by atoms with E-state index in [-0.39, 0.29) is 11.3 Å². The fourth-order valence-electron chi connectivity index (χ4n) is 4.24. The van der Waals surface area contributed by atoms with Gasteiger partial charge in [-0.05, 0) is 25.8 Å². The van der Waals surface area contributed by atoms with Crippen LogP contribution in [0.3, 0.4) is 0 Å². The highest BCUT2D eigenvalue weighted by atomic mass is 19.5. The van der Waals surface area contributed by atoms with Gasteiger partial charge in [-0.3, -0.25) is 4.79 Å². The number of quaternary nitrogens is 1. The lowest BCUT2D eigenvalue weighted by Gasteiger charge is -2.45. The van der Waals surface area contributed by atoms with E-state index in [1.54, 1.807) is 0 Å². The van der Waals surface area contributed by atoms with E-state index in [9.17, 15) is 22.1 Å². The summed E-state index contributed by atoms with van der Waals surface area (Å²) in [7, 11) is -1.60. The van der Waals surface area contributed by atoms with Gasteiger partial charge in [0, 0.05) is 6.42 Å². The second-order valence-electron chi connectivity index (χ2n) is 9.74. The minimum absolute atomic E-state index is 0.208. The molecule has 2 nitrogen and oxygen atoms in total. The van der Waals surface area contributed by atoms with Crippen molar-refractivity contribution < 1.29 is 26.5 Å². The lowest BCUT2D eigenvalue weighted by Crippen LogP contribution is -2.62. The fraction of sp³-hybridized carbons (Fsp3) is 0.880. The van der Waals surface area contributed by atoms with Gasteiger partial charge < -0.3 is 21.7 Å². The maximum atomic E-state index is 12.6. The minimum Gasteiger partial charge on any atom is -0.418 e.